The maximum absolute atomic E-state index is 12.8. The summed E-state index contributed by atoms with van der Waals surface area (Å²) < 4.78 is 7.92. The number of benzene rings is 1. The summed E-state index contributed by atoms with van der Waals surface area (Å²) in [7, 11) is 2.93. The van der Waals surface area contributed by atoms with Gasteiger partial charge >= 0.3 is 5.69 Å². The van der Waals surface area contributed by atoms with Crippen LogP contribution in [0.1, 0.15) is 23.8 Å². The van der Waals surface area contributed by atoms with Crippen LogP contribution < -0.4 is 22.0 Å². The van der Waals surface area contributed by atoms with E-state index in [-0.39, 0.29) is 17.4 Å². The molecule has 2 N–H and O–H groups in total. The van der Waals surface area contributed by atoms with Gasteiger partial charge in [-0.2, -0.15) is 5.10 Å². The molecule has 11 heteroatoms. The third-order valence-corrected chi connectivity index (χ3v) is 6.70. The van der Waals surface area contributed by atoms with Crippen molar-refractivity contribution in [3.8, 4) is 11.3 Å². The summed E-state index contributed by atoms with van der Waals surface area (Å²) in [6, 6.07) is 11.0. The monoisotopic (exact) mass is 482 g/mol. The number of furan rings is 1. The summed E-state index contributed by atoms with van der Waals surface area (Å²) in [5.41, 5.74) is 7.50. The van der Waals surface area contributed by atoms with E-state index in [0.717, 1.165) is 21.6 Å². The lowest BCUT2D eigenvalue weighted by Gasteiger charge is -2.18. The van der Waals surface area contributed by atoms with Crippen LogP contribution in [0.5, 0.6) is 0 Å². The number of rotatable bonds is 4. The second-order valence-electron chi connectivity index (χ2n) is 7.61. The minimum atomic E-state index is -0.498. The molecule has 1 unspecified atom stereocenters. The largest absolute Gasteiger partial charge is 0.467 e. The van der Waals surface area contributed by atoms with Crippen molar-refractivity contribution >= 4 is 39.6 Å². The Morgan fingerprint density at radius 3 is 2.61 bits per heavy atom. The zero-order chi connectivity index (χ0) is 23.3. The van der Waals surface area contributed by atoms with Gasteiger partial charge in [0.15, 0.2) is 0 Å². The van der Waals surface area contributed by atoms with Gasteiger partial charge in [-0.15, -0.1) is 11.3 Å². The summed E-state index contributed by atoms with van der Waals surface area (Å²) in [6.07, 6.45) is 2.23. The van der Waals surface area contributed by atoms with Gasteiger partial charge in [-0.1, -0.05) is 23.7 Å². The molecule has 0 radical (unpaired) electrons. The summed E-state index contributed by atoms with van der Waals surface area (Å²) in [6.45, 7) is 0. The fourth-order valence-corrected chi connectivity index (χ4v) is 4.73. The molecule has 3 aromatic heterocycles. The van der Waals surface area contributed by atoms with Gasteiger partial charge in [0.05, 0.1) is 17.7 Å². The van der Waals surface area contributed by atoms with Crippen LogP contribution in [-0.2, 0) is 14.1 Å². The van der Waals surface area contributed by atoms with Crippen LogP contribution in [0.15, 0.2) is 67.1 Å². The van der Waals surface area contributed by atoms with Gasteiger partial charge in [0, 0.05) is 30.9 Å². The highest BCUT2D eigenvalue weighted by Gasteiger charge is 2.34. The van der Waals surface area contributed by atoms with Crippen molar-refractivity contribution in [1.29, 1.82) is 0 Å². The van der Waals surface area contributed by atoms with E-state index < -0.39 is 11.2 Å². The lowest BCUT2D eigenvalue weighted by Crippen LogP contribution is -2.39. The van der Waals surface area contributed by atoms with Crippen LogP contribution in [0.4, 0.5) is 10.9 Å². The molecule has 0 bridgehead atoms. The van der Waals surface area contributed by atoms with E-state index in [9.17, 15) is 9.59 Å². The first-order valence-corrected chi connectivity index (χ1v) is 11.3. The molecule has 1 aliphatic heterocycles. The molecule has 1 aliphatic rings. The van der Waals surface area contributed by atoms with Gasteiger partial charge in [0.1, 0.15) is 23.2 Å². The minimum Gasteiger partial charge on any atom is -0.467 e. The lowest BCUT2D eigenvalue weighted by molar-refractivity contribution is 0.465. The maximum atomic E-state index is 12.8. The van der Waals surface area contributed by atoms with Gasteiger partial charge in [0.2, 0.25) is 5.13 Å². The molecule has 0 saturated carbocycles. The Morgan fingerprint density at radius 1 is 1.15 bits per heavy atom. The Kier molecular flexibility index (Phi) is 5.18. The van der Waals surface area contributed by atoms with Crippen LogP contribution in [-0.4, -0.2) is 19.8 Å². The maximum Gasteiger partial charge on any atom is 0.332 e. The van der Waals surface area contributed by atoms with Gasteiger partial charge in [-0.3, -0.25) is 13.9 Å². The van der Waals surface area contributed by atoms with E-state index in [1.807, 2.05) is 36.4 Å². The number of hydrogen-bond donors (Lipinski definition) is 1. The van der Waals surface area contributed by atoms with E-state index in [4.69, 9.17) is 26.9 Å². The summed E-state index contributed by atoms with van der Waals surface area (Å²) >= 11 is 7.37. The van der Waals surface area contributed by atoms with Crippen molar-refractivity contribution in [3.05, 3.63) is 85.2 Å². The molecule has 4 aromatic rings. The fourth-order valence-electron chi connectivity index (χ4n) is 3.79. The molecule has 0 amide bonds. The van der Waals surface area contributed by atoms with Crippen LogP contribution in [0.25, 0.3) is 11.3 Å². The van der Waals surface area contributed by atoms with Gasteiger partial charge in [0.25, 0.3) is 5.56 Å². The zero-order valence-corrected chi connectivity index (χ0v) is 19.3. The normalized spacial score (nSPS) is 15.8. The lowest BCUT2D eigenvalue weighted by atomic mass is 10.0. The van der Waals surface area contributed by atoms with E-state index in [1.165, 1.54) is 30.0 Å². The highest BCUT2D eigenvalue weighted by molar-refractivity contribution is 7.14. The molecule has 5 rings (SSSR count). The predicted molar refractivity (Wildman–Crippen MR) is 129 cm³/mol. The third kappa shape index (κ3) is 3.57. The third-order valence-electron chi connectivity index (χ3n) is 5.61. The average molecular weight is 483 g/mol. The van der Waals surface area contributed by atoms with Gasteiger partial charge in [-0.25, -0.2) is 14.8 Å². The minimum absolute atomic E-state index is 0.0642. The first kappa shape index (κ1) is 21.2. The van der Waals surface area contributed by atoms with Crippen molar-refractivity contribution in [2.24, 2.45) is 19.2 Å². The van der Waals surface area contributed by atoms with Crippen molar-refractivity contribution in [1.82, 2.24) is 14.1 Å². The van der Waals surface area contributed by atoms with Gasteiger partial charge < -0.3 is 10.2 Å². The number of nitrogen functional groups attached to an aromatic ring is 1. The molecule has 4 heterocycles. The summed E-state index contributed by atoms with van der Waals surface area (Å²) in [5.74, 6) is 0.811. The van der Waals surface area contributed by atoms with E-state index >= 15 is 0 Å². The number of aromatic nitrogens is 3. The molecular weight excluding hydrogens is 464 g/mol. The predicted octanol–water partition coefficient (Wildman–Crippen LogP) is 3.39. The van der Waals surface area contributed by atoms with Crippen LogP contribution in [0, 0.1) is 0 Å². The molecule has 168 valence electrons. The Bertz CT molecular complexity index is 1480. The SMILES string of the molecule is Cn1c(N)c(-c2csc(N3N=C(c4ccc(Cl)cc4)CC3c3ccco3)n2)c(=O)n(C)c1=O. The van der Waals surface area contributed by atoms with Crippen LogP contribution in [0.3, 0.4) is 0 Å². The van der Waals surface area contributed by atoms with E-state index in [0.29, 0.717) is 22.3 Å². The first-order valence-electron chi connectivity index (χ1n) is 10.0. The highest BCUT2D eigenvalue weighted by Crippen LogP contribution is 2.39. The van der Waals surface area contributed by atoms with Crippen molar-refractivity contribution < 1.29 is 4.42 Å². The molecule has 1 aromatic carbocycles. The molecule has 0 fully saturated rings. The summed E-state index contributed by atoms with van der Waals surface area (Å²) in [4.78, 5) is 29.6. The Balaban J connectivity index is 1.59. The number of anilines is 2. The molecule has 1 atom stereocenters. The van der Waals surface area contributed by atoms with Gasteiger partial charge in [-0.05, 0) is 29.8 Å². The molecule has 0 saturated heterocycles. The van der Waals surface area contributed by atoms with Crippen molar-refractivity contribution in [2.45, 2.75) is 12.5 Å². The average Bonchev–Trinajstić information content (AvgIpc) is 3.57. The number of nitrogens with zero attached hydrogens (tertiary/aromatic N) is 5. The van der Waals surface area contributed by atoms with Crippen LogP contribution in [0.2, 0.25) is 5.02 Å². The smallest absolute Gasteiger partial charge is 0.332 e. The number of nitrogens with two attached hydrogens (primary N) is 1. The van der Waals surface area contributed by atoms with Crippen LogP contribution >= 0.6 is 22.9 Å². The molecule has 33 heavy (non-hydrogen) atoms. The number of halogens is 1. The van der Waals surface area contributed by atoms with Crippen molar-refractivity contribution in [3.63, 3.8) is 0 Å². The number of hydrogen-bond acceptors (Lipinski definition) is 8. The first-order chi connectivity index (χ1) is 15.8. The Hall–Kier alpha value is -3.63. The molecular formula is C22H19ClN6O3S. The topological polar surface area (TPSA) is 112 Å². The fraction of sp³-hybridized carbons (Fsp3) is 0.182. The highest BCUT2D eigenvalue weighted by atomic mass is 35.5. The second-order valence-corrected chi connectivity index (χ2v) is 8.89. The molecule has 0 spiro atoms. The quantitative estimate of drug-likeness (QED) is 0.477. The standard InChI is InChI=1S/C22H19ClN6O3S/c1-27-19(24)18(20(30)28(2)22(27)31)15-11-33-21(25-15)29-16(17-4-3-9-32-17)10-14(26-29)12-5-7-13(23)8-6-12/h3-9,11,16H,10,24H2,1-2H3. The Morgan fingerprint density at radius 2 is 1.91 bits per heavy atom. The van der Waals surface area contributed by atoms with E-state index in [1.54, 1.807) is 16.7 Å². The second kappa shape index (κ2) is 8.05. The molecule has 0 aliphatic carbocycles. The Labute approximate surface area is 197 Å². The number of thiazole rings is 1. The summed E-state index contributed by atoms with van der Waals surface area (Å²) in [5, 5.41) is 9.58. The van der Waals surface area contributed by atoms with Crippen molar-refractivity contribution in [2.75, 3.05) is 10.7 Å². The molecule has 9 nitrogen and oxygen atoms in total. The number of hydrazone groups is 1. The van der Waals surface area contributed by atoms with E-state index in [2.05, 4.69) is 4.98 Å². The zero-order valence-electron chi connectivity index (χ0n) is 17.7.